The first-order valence-electron chi connectivity index (χ1n) is 6.00. The molecule has 4 heteroatoms. The van der Waals surface area contributed by atoms with Gasteiger partial charge in [-0.25, -0.2) is 0 Å². The predicted octanol–water partition coefficient (Wildman–Crippen LogP) is 3.61. The van der Waals surface area contributed by atoms with Crippen molar-refractivity contribution >= 4 is 38.7 Å². The molecule has 0 fully saturated rings. The third kappa shape index (κ3) is 2.65. The lowest BCUT2D eigenvalue weighted by molar-refractivity contribution is 1.25. The first-order chi connectivity index (χ1) is 9.24. The maximum absolute atomic E-state index is 5.37. The van der Waals surface area contributed by atoms with Crippen LogP contribution in [0.2, 0.25) is 0 Å². The summed E-state index contributed by atoms with van der Waals surface area (Å²) in [4.78, 5) is 10.0. The molecule has 0 saturated carbocycles. The number of rotatable bonds is 1. The van der Waals surface area contributed by atoms with E-state index in [2.05, 4.69) is 38.0 Å². The van der Waals surface area contributed by atoms with Crippen molar-refractivity contribution in [2.75, 3.05) is 6.54 Å². The summed E-state index contributed by atoms with van der Waals surface area (Å²) in [5.41, 5.74) is 4.16. The van der Waals surface area contributed by atoms with E-state index in [-0.39, 0.29) is 0 Å². The molecule has 19 heavy (non-hydrogen) atoms. The van der Waals surface area contributed by atoms with E-state index < -0.39 is 0 Å². The fraction of sp³-hybridized carbons (Fsp3) is 0.133. The zero-order valence-electron chi connectivity index (χ0n) is 10.1. The first-order valence-corrected chi connectivity index (χ1v) is 7.20. The van der Waals surface area contributed by atoms with Crippen LogP contribution in [0.4, 0.5) is 0 Å². The number of benzene rings is 1. The van der Waals surface area contributed by atoms with Crippen molar-refractivity contribution in [2.45, 2.75) is 6.42 Å². The second-order valence-corrected chi connectivity index (χ2v) is 5.89. The molecule has 2 nitrogen and oxygen atoms in total. The van der Waals surface area contributed by atoms with E-state index in [9.17, 15) is 0 Å². The molecule has 1 aliphatic heterocycles. The van der Waals surface area contributed by atoms with E-state index in [1.807, 2.05) is 24.3 Å². The molecule has 2 heterocycles. The summed E-state index contributed by atoms with van der Waals surface area (Å²) in [6.07, 6.45) is 2.59. The lowest BCUT2D eigenvalue weighted by atomic mass is 9.98. The zero-order chi connectivity index (χ0) is 13.2. The van der Waals surface area contributed by atoms with Gasteiger partial charge >= 0.3 is 0 Å². The number of thiocarbonyl (C=S) groups is 1. The lowest BCUT2D eigenvalue weighted by Crippen LogP contribution is -2.07. The normalized spacial score (nSPS) is 14.6. The molecule has 94 valence electrons. The van der Waals surface area contributed by atoms with Gasteiger partial charge in [0.2, 0.25) is 0 Å². The standard InChI is InChI=1S/C15H11BrN2S/c16-11-5-4-10-7-12(19)9-18-15(13(10)8-11)14-3-1-2-6-17-14/h1-6,8H,7,9H2. The Morgan fingerprint density at radius 1 is 1.16 bits per heavy atom. The Bertz CT molecular complexity index is 665. The molecule has 1 aromatic carbocycles. The van der Waals surface area contributed by atoms with Gasteiger partial charge in [0.05, 0.1) is 18.0 Å². The molecule has 0 bridgehead atoms. The van der Waals surface area contributed by atoms with E-state index in [0.29, 0.717) is 6.54 Å². The molecular formula is C15H11BrN2S. The highest BCUT2D eigenvalue weighted by Gasteiger charge is 2.17. The summed E-state index contributed by atoms with van der Waals surface area (Å²) in [7, 11) is 0. The molecular weight excluding hydrogens is 320 g/mol. The van der Waals surface area contributed by atoms with Crippen LogP contribution in [0.3, 0.4) is 0 Å². The lowest BCUT2D eigenvalue weighted by Gasteiger charge is -2.09. The molecule has 2 aromatic rings. The predicted molar refractivity (Wildman–Crippen MR) is 85.2 cm³/mol. The first kappa shape index (κ1) is 12.6. The van der Waals surface area contributed by atoms with Crippen LogP contribution in [0.5, 0.6) is 0 Å². The Hall–Kier alpha value is -1.39. The molecule has 0 unspecified atom stereocenters. The molecule has 1 aromatic heterocycles. The topological polar surface area (TPSA) is 25.2 Å². The third-order valence-corrected chi connectivity index (χ3v) is 3.80. The van der Waals surface area contributed by atoms with Crippen molar-refractivity contribution < 1.29 is 0 Å². The third-order valence-electron chi connectivity index (χ3n) is 3.04. The Morgan fingerprint density at radius 2 is 2.05 bits per heavy atom. The highest BCUT2D eigenvalue weighted by Crippen LogP contribution is 2.23. The van der Waals surface area contributed by atoms with Crippen LogP contribution in [0.25, 0.3) is 0 Å². The summed E-state index contributed by atoms with van der Waals surface area (Å²) in [6, 6.07) is 12.1. The Morgan fingerprint density at radius 3 is 2.84 bits per heavy atom. The van der Waals surface area contributed by atoms with Gasteiger partial charge in [0.25, 0.3) is 0 Å². The molecule has 0 spiro atoms. The number of aliphatic imine (C=N–C) groups is 1. The molecule has 0 aliphatic carbocycles. The fourth-order valence-electron chi connectivity index (χ4n) is 2.17. The highest BCUT2D eigenvalue weighted by molar-refractivity contribution is 9.10. The number of pyridine rings is 1. The molecule has 0 atom stereocenters. The van der Waals surface area contributed by atoms with Crippen molar-refractivity contribution in [1.82, 2.24) is 4.98 Å². The summed E-state index contributed by atoms with van der Waals surface area (Å²) in [6.45, 7) is 0.591. The average Bonchev–Trinajstić information content (AvgIpc) is 2.58. The van der Waals surface area contributed by atoms with Crippen molar-refractivity contribution in [3.63, 3.8) is 0 Å². The Balaban J connectivity index is 2.20. The van der Waals surface area contributed by atoms with Gasteiger partial charge in [0.1, 0.15) is 0 Å². The van der Waals surface area contributed by atoms with Crippen molar-refractivity contribution in [2.24, 2.45) is 4.99 Å². The number of hydrogen-bond donors (Lipinski definition) is 0. The van der Waals surface area contributed by atoms with Gasteiger partial charge in [-0.1, -0.05) is 40.3 Å². The van der Waals surface area contributed by atoms with Crippen LogP contribution in [-0.4, -0.2) is 22.1 Å². The van der Waals surface area contributed by atoms with Crippen LogP contribution in [-0.2, 0) is 6.42 Å². The van der Waals surface area contributed by atoms with Gasteiger partial charge in [-0.2, -0.15) is 0 Å². The Labute approximate surface area is 125 Å². The van der Waals surface area contributed by atoms with Crippen LogP contribution in [0.1, 0.15) is 16.8 Å². The van der Waals surface area contributed by atoms with Crippen LogP contribution in [0.15, 0.2) is 52.1 Å². The molecule has 0 amide bonds. The number of aromatic nitrogens is 1. The fourth-order valence-corrected chi connectivity index (χ4v) is 2.75. The quantitative estimate of drug-likeness (QED) is 0.746. The molecule has 3 rings (SSSR count). The van der Waals surface area contributed by atoms with Gasteiger partial charge in [0.15, 0.2) is 0 Å². The minimum absolute atomic E-state index is 0.591. The maximum Gasteiger partial charge on any atom is 0.0910 e. The van der Waals surface area contributed by atoms with Crippen LogP contribution in [0, 0.1) is 0 Å². The van der Waals surface area contributed by atoms with E-state index in [1.54, 1.807) is 6.20 Å². The zero-order valence-corrected chi connectivity index (χ0v) is 12.5. The van der Waals surface area contributed by atoms with Crippen LogP contribution < -0.4 is 0 Å². The smallest absolute Gasteiger partial charge is 0.0910 e. The number of fused-ring (bicyclic) bond motifs is 1. The SMILES string of the molecule is S=C1CN=C(c2ccccn2)c2cc(Br)ccc2C1. The van der Waals surface area contributed by atoms with Gasteiger partial charge in [-0.15, -0.1) is 0 Å². The van der Waals surface area contributed by atoms with Gasteiger partial charge < -0.3 is 0 Å². The van der Waals surface area contributed by atoms with Crippen molar-refractivity contribution in [3.8, 4) is 0 Å². The second kappa shape index (κ2) is 5.31. The van der Waals surface area contributed by atoms with E-state index in [0.717, 1.165) is 32.7 Å². The summed E-state index contributed by atoms with van der Waals surface area (Å²) < 4.78 is 1.04. The van der Waals surface area contributed by atoms with E-state index in [1.165, 1.54) is 5.56 Å². The van der Waals surface area contributed by atoms with E-state index >= 15 is 0 Å². The summed E-state index contributed by atoms with van der Waals surface area (Å²) in [5.74, 6) is 0. The largest absolute Gasteiger partial charge is 0.277 e. The number of nitrogens with zero attached hydrogens (tertiary/aromatic N) is 2. The molecule has 0 radical (unpaired) electrons. The summed E-state index contributed by atoms with van der Waals surface area (Å²) >= 11 is 8.89. The molecule has 0 N–H and O–H groups in total. The van der Waals surface area contributed by atoms with Gasteiger partial charge in [-0.05, 0) is 29.8 Å². The van der Waals surface area contributed by atoms with Crippen molar-refractivity contribution in [3.05, 3.63) is 63.9 Å². The minimum atomic E-state index is 0.591. The van der Waals surface area contributed by atoms with E-state index in [4.69, 9.17) is 12.2 Å². The molecule has 0 saturated heterocycles. The van der Waals surface area contributed by atoms with Gasteiger partial charge in [-0.3, -0.25) is 9.98 Å². The average molecular weight is 331 g/mol. The monoisotopic (exact) mass is 330 g/mol. The van der Waals surface area contributed by atoms with Crippen LogP contribution >= 0.6 is 28.1 Å². The minimum Gasteiger partial charge on any atom is -0.277 e. The summed E-state index contributed by atoms with van der Waals surface area (Å²) in [5, 5.41) is 0. The number of hydrogen-bond acceptors (Lipinski definition) is 3. The second-order valence-electron chi connectivity index (χ2n) is 4.40. The van der Waals surface area contributed by atoms with Gasteiger partial charge in [0, 0.05) is 27.5 Å². The van der Waals surface area contributed by atoms with Crippen molar-refractivity contribution in [1.29, 1.82) is 0 Å². The molecule has 1 aliphatic rings. The highest BCUT2D eigenvalue weighted by atomic mass is 79.9. The Kier molecular flexibility index (Phi) is 3.53. The maximum atomic E-state index is 5.37. The number of halogens is 1.